The van der Waals surface area contributed by atoms with Crippen LogP contribution in [0.3, 0.4) is 0 Å². The number of halogens is 2. The van der Waals surface area contributed by atoms with E-state index in [0.29, 0.717) is 0 Å². The van der Waals surface area contributed by atoms with Gasteiger partial charge in [0.2, 0.25) is 5.91 Å². The molecule has 0 saturated heterocycles. The highest BCUT2D eigenvalue weighted by atomic mass is 19.2. The fraction of sp³-hybridized carbons (Fsp3) is 0.111. The Morgan fingerprint density at radius 1 is 1.33 bits per heavy atom. The Hall–Kier alpha value is -1.98. The number of hydrogen-bond acceptors (Lipinski definition) is 2. The SMILES string of the molecule is CNC(=O)c1c(C(N)=O)ccc(F)c1F. The number of nitrogens with one attached hydrogen (secondary N) is 1. The molecule has 1 aromatic rings. The quantitative estimate of drug-likeness (QED) is 0.749. The van der Waals surface area contributed by atoms with Crippen molar-refractivity contribution in [2.75, 3.05) is 7.05 Å². The lowest BCUT2D eigenvalue weighted by molar-refractivity contribution is 0.0938. The molecule has 1 aromatic carbocycles. The van der Waals surface area contributed by atoms with Crippen LogP contribution in [0.1, 0.15) is 20.7 Å². The Kier molecular flexibility index (Phi) is 2.99. The van der Waals surface area contributed by atoms with Crippen LogP contribution in [0.4, 0.5) is 8.78 Å². The van der Waals surface area contributed by atoms with Crippen LogP contribution in [0.2, 0.25) is 0 Å². The van der Waals surface area contributed by atoms with Gasteiger partial charge >= 0.3 is 0 Å². The molecule has 80 valence electrons. The first-order chi connectivity index (χ1) is 6.99. The van der Waals surface area contributed by atoms with Crippen molar-refractivity contribution >= 4 is 11.8 Å². The van der Waals surface area contributed by atoms with E-state index in [0.717, 1.165) is 12.1 Å². The summed E-state index contributed by atoms with van der Waals surface area (Å²) in [6.45, 7) is 0. The van der Waals surface area contributed by atoms with Gasteiger partial charge in [0, 0.05) is 7.05 Å². The standard InChI is InChI=1S/C9H8F2N2O2/c1-13-9(15)6-4(8(12)14)2-3-5(10)7(6)11/h2-3H,1H3,(H2,12,14)(H,13,15). The second-order valence-electron chi connectivity index (χ2n) is 2.73. The molecule has 0 fully saturated rings. The first-order valence-electron chi connectivity index (χ1n) is 3.99. The number of hydrogen-bond donors (Lipinski definition) is 2. The number of primary amides is 1. The van der Waals surface area contributed by atoms with Gasteiger partial charge in [-0.05, 0) is 12.1 Å². The normalized spacial score (nSPS) is 9.80. The molecule has 0 aromatic heterocycles. The van der Waals surface area contributed by atoms with Crippen LogP contribution < -0.4 is 11.1 Å². The first kappa shape index (κ1) is 11.1. The van der Waals surface area contributed by atoms with Gasteiger partial charge in [0.05, 0.1) is 11.1 Å². The second-order valence-corrected chi connectivity index (χ2v) is 2.73. The minimum absolute atomic E-state index is 0.353. The highest BCUT2D eigenvalue weighted by Crippen LogP contribution is 2.16. The zero-order chi connectivity index (χ0) is 11.6. The summed E-state index contributed by atoms with van der Waals surface area (Å²) in [5.74, 6) is -4.49. The lowest BCUT2D eigenvalue weighted by atomic mass is 10.1. The van der Waals surface area contributed by atoms with Crippen LogP contribution in [0, 0.1) is 11.6 Å². The van der Waals surface area contributed by atoms with Crippen molar-refractivity contribution in [2.24, 2.45) is 5.73 Å². The van der Waals surface area contributed by atoms with E-state index in [4.69, 9.17) is 5.73 Å². The Bertz CT molecular complexity index is 432. The summed E-state index contributed by atoms with van der Waals surface area (Å²) < 4.78 is 26.0. The molecule has 0 aliphatic rings. The number of rotatable bonds is 2. The molecule has 0 spiro atoms. The molecular formula is C9H8F2N2O2. The number of carbonyl (C=O) groups is 2. The van der Waals surface area contributed by atoms with E-state index >= 15 is 0 Å². The summed E-state index contributed by atoms with van der Waals surface area (Å²) in [5, 5.41) is 2.09. The van der Waals surface area contributed by atoms with Gasteiger partial charge in [0.25, 0.3) is 5.91 Å². The Balaban J connectivity index is 3.48. The fourth-order valence-corrected chi connectivity index (χ4v) is 1.10. The molecule has 0 atom stereocenters. The molecule has 0 heterocycles. The molecule has 3 N–H and O–H groups in total. The van der Waals surface area contributed by atoms with Crippen LogP contribution in [-0.4, -0.2) is 18.9 Å². The maximum absolute atomic E-state index is 13.2. The lowest BCUT2D eigenvalue weighted by Gasteiger charge is -2.06. The van der Waals surface area contributed by atoms with E-state index in [9.17, 15) is 18.4 Å². The average molecular weight is 214 g/mol. The molecule has 0 radical (unpaired) electrons. The predicted molar refractivity (Wildman–Crippen MR) is 48.3 cm³/mol. The van der Waals surface area contributed by atoms with Crippen LogP contribution in [-0.2, 0) is 0 Å². The smallest absolute Gasteiger partial charge is 0.254 e. The van der Waals surface area contributed by atoms with Crippen molar-refractivity contribution in [3.8, 4) is 0 Å². The molecule has 0 bridgehead atoms. The van der Waals surface area contributed by atoms with E-state index in [1.807, 2.05) is 0 Å². The van der Waals surface area contributed by atoms with E-state index in [1.165, 1.54) is 7.05 Å². The molecule has 0 aliphatic carbocycles. The molecular weight excluding hydrogens is 206 g/mol. The average Bonchev–Trinajstić information content (AvgIpc) is 2.20. The van der Waals surface area contributed by atoms with Crippen molar-refractivity contribution in [1.29, 1.82) is 0 Å². The minimum Gasteiger partial charge on any atom is -0.366 e. The summed E-state index contributed by atoms with van der Waals surface area (Å²) in [6, 6.07) is 1.70. The summed E-state index contributed by atoms with van der Waals surface area (Å²) in [7, 11) is 1.23. The van der Waals surface area contributed by atoms with Crippen LogP contribution in [0.15, 0.2) is 12.1 Å². The van der Waals surface area contributed by atoms with E-state index in [-0.39, 0.29) is 5.56 Å². The minimum atomic E-state index is -1.38. The maximum atomic E-state index is 13.2. The fourth-order valence-electron chi connectivity index (χ4n) is 1.10. The van der Waals surface area contributed by atoms with Crippen molar-refractivity contribution in [3.05, 3.63) is 34.9 Å². The van der Waals surface area contributed by atoms with Gasteiger partial charge in [-0.3, -0.25) is 9.59 Å². The third kappa shape index (κ3) is 1.93. The van der Waals surface area contributed by atoms with Crippen molar-refractivity contribution < 1.29 is 18.4 Å². The molecule has 4 nitrogen and oxygen atoms in total. The molecule has 2 amide bonds. The van der Waals surface area contributed by atoms with Gasteiger partial charge in [-0.2, -0.15) is 0 Å². The molecule has 0 saturated carbocycles. The summed E-state index contributed by atoms with van der Waals surface area (Å²) in [4.78, 5) is 22.0. The van der Waals surface area contributed by atoms with Gasteiger partial charge in [-0.1, -0.05) is 0 Å². The first-order valence-corrected chi connectivity index (χ1v) is 3.99. The van der Waals surface area contributed by atoms with Gasteiger partial charge in [0.15, 0.2) is 11.6 Å². The zero-order valence-corrected chi connectivity index (χ0v) is 7.80. The highest BCUT2D eigenvalue weighted by molar-refractivity contribution is 6.06. The Labute approximate surface area is 84.1 Å². The van der Waals surface area contributed by atoms with Crippen LogP contribution >= 0.6 is 0 Å². The largest absolute Gasteiger partial charge is 0.366 e. The highest BCUT2D eigenvalue weighted by Gasteiger charge is 2.21. The number of carbonyl (C=O) groups excluding carboxylic acids is 2. The number of amides is 2. The molecule has 0 unspecified atom stereocenters. The van der Waals surface area contributed by atoms with Crippen molar-refractivity contribution in [3.63, 3.8) is 0 Å². The second kappa shape index (κ2) is 4.04. The van der Waals surface area contributed by atoms with Crippen molar-refractivity contribution in [1.82, 2.24) is 5.32 Å². The lowest BCUT2D eigenvalue weighted by Crippen LogP contribution is -2.25. The summed E-state index contributed by atoms with van der Waals surface area (Å²) >= 11 is 0. The van der Waals surface area contributed by atoms with E-state index < -0.39 is 29.0 Å². The van der Waals surface area contributed by atoms with Crippen molar-refractivity contribution in [2.45, 2.75) is 0 Å². The van der Waals surface area contributed by atoms with Gasteiger partial charge in [-0.25, -0.2) is 8.78 Å². The predicted octanol–water partition coefficient (Wildman–Crippen LogP) is 0.423. The monoisotopic (exact) mass is 214 g/mol. The van der Waals surface area contributed by atoms with Crippen LogP contribution in [0.25, 0.3) is 0 Å². The third-order valence-corrected chi connectivity index (χ3v) is 1.81. The Morgan fingerprint density at radius 3 is 2.40 bits per heavy atom. The maximum Gasteiger partial charge on any atom is 0.254 e. The summed E-state index contributed by atoms with van der Waals surface area (Å²) in [5.41, 5.74) is 3.89. The Morgan fingerprint density at radius 2 is 1.93 bits per heavy atom. The molecule has 0 aliphatic heterocycles. The summed E-state index contributed by atoms with van der Waals surface area (Å²) in [6.07, 6.45) is 0. The number of benzene rings is 1. The third-order valence-electron chi connectivity index (χ3n) is 1.81. The van der Waals surface area contributed by atoms with E-state index in [2.05, 4.69) is 5.32 Å². The number of nitrogens with two attached hydrogens (primary N) is 1. The van der Waals surface area contributed by atoms with Gasteiger partial charge in [0.1, 0.15) is 0 Å². The van der Waals surface area contributed by atoms with Crippen LogP contribution in [0.5, 0.6) is 0 Å². The van der Waals surface area contributed by atoms with E-state index in [1.54, 1.807) is 0 Å². The molecule has 6 heteroatoms. The molecule has 1 rings (SSSR count). The van der Waals surface area contributed by atoms with Gasteiger partial charge in [-0.15, -0.1) is 0 Å². The topological polar surface area (TPSA) is 72.2 Å². The zero-order valence-electron chi connectivity index (χ0n) is 7.80. The molecule has 15 heavy (non-hydrogen) atoms. The van der Waals surface area contributed by atoms with Gasteiger partial charge < -0.3 is 11.1 Å².